The second-order valence-corrected chi connectivity index (χ2v) is 6.41. The van der Waals surface area contributed by atoms with E-state index in [1.165, 1.54) is 0 Å². The molecule has 7 heteroatoms. The predicted octanol–water partition coefficient (Wildman–Crippen LogP) is 2.81. The molecule has 124 valence electrons. The van der Waals surface area contributed by atoms with Crippen molar-refractivity contribution in [3.63, 3.8) is 0 Å². The molecule has 0 radical (unpaired) electrons. The Morgan fingerprint density at radius 3 is 2.96 bits per heavy atom. The van der Waals surface area contributed by atoms with Crippen molar-refractivity contribution in [3.8, 4) is 11.4 Å². The molecule has 0 unspecified atom stereocenters. The fourth-order valence-electron chi connectivity index (χ4n) is 3.01. The highest BCUT2D eigenvalue weighted by atomic mass is 16.2. The molecule has 3 heterocycles. The minimum absolute atomic E-state index is 0.00135. The molecule has 0 spiro atoms. The molecular formula is C18H16N6O. The largest absolute Gasteiger partial charge is 0.399 e. The lowest BCUT2D eigenvalue weighted by molar-refractivity contribution is -0.117. The molecule has 4 N–H and O–H groups in total. The summed E-state index contributed by atoms with van der Waals surface area (Å²) in [5.74, 6) is 0.452. The summed E-state index contributed by atoms with van der Waals surface area (Å²) in [4.78, 5) is 19.7. The van der Waals surface area contributed by atoms with Crippen molar-refractivity contribution in [2.75, 3.05) is 11.1 Å². The number of hydrogen-bond acceptors (Lipinski definition) is 4. The standard InChI is InChI=1S/C18H16N6O/c19-12-6-7-13-11(8-12)9-14(20-13)15-2-1-3-16-21-18(23-24(15)16)22-17(25)10-4-5-10/h1-3,6-10,20H,4-5,19H2,(H,22,23,25). The summed E-state index contributed by atoms with van der Waals surface area (Å²) < 4.78 is 1.73. The molecule has 1 amide bonds. The number of nitrogen functional groups attached to an aromatic ring is 1. The Hall–Kier alpha value is -3.35. The van der Waals surface area contributed by atoms with Crippen LogP contribution in [0.25, 0.3) is 27.9 Å². The van der Waals surface area contributed by atoms with Gasteiger partial charge in [-0.2, -0.15) is 4.98 Å². The van der Waals surface area contributed by atoms with Crippen molar-refractivity contribution in [1.29, 1.82) is 0 Å². The Bertz CT molecular complexity index is 1120. The van der Waals surface area contributed by atoms with Crippen molar-refractivity contribution in [3.05, 3.63) is 42.5 Å². The lowest BCUT2D eigenvalue weighted by Gasteiger charge is -2.00. The van der Waals surface area contributed by atoms with Gasteiger partial charge in [-0.25, -0.2) is 4.52 Å². The van der Waals surface area contributed by atoms with Gasteiger partial charge in [-0.3, -0.25) is 10.1 Å². The van der Waals surface area contributed by atoms with E-state index in [1.54, 1.807) is 4.52 Å². The average Bonchev–Trinajstić information content (AvgIpc) is 3.24. The van der Waals surface area contributed by atoms with Crippen LogP contribution in [0.5, 0.6) is 0 Å². The van der Waals surface area contributed by atoms with Crippen molar-refractivity contribution >= 4 is 34.1 Å². The zero-order valence-electron chi connectivity index (χ0n) is 13.4. The Morgan fingerprint density at radius 1 is 1.24 bits per heavy atom. The predicted molar refractivity (Wildman–Crippen MR) is 96.0 cm³/mol. The monoisotopic (exact) mass is 332 g/mol. The quantitative estimate of drug-likeness (QED) is 0.502. The maximum atomic E-state index is 11.9. The number of anilines is 2. The first kappa shape index (κ1) is 14.0. The number of benzene rings is 1. The number of aromatic nitrogens is 4. The first-order valence-electron chi connectivity index (χ1n) is 8.23. The van der Waals surface area contributed by atoms with E-state index in [0.717, 1.165) is 40.8 Å². The molecule has 1 saturated carbocycles. The maximum absolute atomic E-state index is 11.9. The number of nitrogens with zero attached hydrogens (tertiary/aromatic N) is 3. The van der Waals surface area contributed by atoms with E-state index in [9.17, 15) is 4.79 Å². The summed E-state index contributed by atoms with van der Waals surface area (Å²) in [5.41, 5.74) is 10.0. The smallest absolute Gasteiger partial charge is 0.249 e. The summed E-state index contributed by atoms with van der Waals surface area (Å²) in [6, 6.07) is 13.5. The van der Waals surface area contributed by atoms with Crippen LogP contribution in [-0.4, -0.2) is 25.5 Å². The third-order valence-corrected chi connectivity index (χ3v) is 4.46. The highest BCUT2D eigenvalue weighted by molar-refractivity contribution is 5.93. The van der Waals surface area contributed by atoms with Gasteiger partial charge in [-0.15, -0.1) is 5.10 Å². The molecule has 7 nitrogen and oxygen atoms in total. The molecule has 3 aromatic heterocycles. The second-order valence-electron chi connectivity index (χ2n) is 6.41. The molecule has 0 aliphatic heterocycles. The first-order chi connectivity index (χ1) is 12.2. The molecule has 5 rings (SSSR count). The highest BCUT2D eigenvalue weighted by Gasteiger charge is 2.30. The van der Waals surface area contributed by atoms with Crippen molar-refractivity contribution in [2.45, 2.75) is 12.8 Å². The van der Waals surface area contributed by atoms with Crippen LogP contribution in [-0.2, 0) is 4.79 Å². The topological polar surface area (TPSA) is 101 Å². The molecule has 1 aliphatic carbocycles. The van der Waals surface area contributed by atoms with Gasteiger partial charge in [0, 0.05) is 22.5 Å². The summed E-state index contributed by atoms with van der Waals surface area (Å²) >= 11 is 0. The number of nitrogens with one attached hydrogen (secondary N) is 2. The third-order valence-electron chi connectivity index (χ3n) is 4.46. The number of rotatable bonds is 3. The molecule has 0 atom stereocenters. The van der Waals surface area contributed by atoms with Gasteiger partial charge in [0.2, 0.25) is 11.9 Å². The van der Waals surface area contributed by atoms with Crippen LogP contribution in [0.15, 0.2) is 42.5 Å². The van der Waals surface area contributed by atoms with Crippen LogP contribution >= 0.6 is 0 Å². The fourth-order valence-corrected chi connectivity index (χ4v) is 3.01. The number of carbonyl (C=O) groups is 1. The van der Waals surface area contributed by atoms with E-state index in [0.29, 0.717) is 11.6 Å². The summed E-state index contributed by atoms with van der Waals surface area (Å²) in [7, 11) is 0. The van der Waals surface area contributed by atoms with Crippen LogP contribution < -0.4 is 11.1 Å². The van der Waals surface area contributed by atoms with Crippen molar-refractivity contribution < 1.29 is 4.79 Å². The number of aromatic amines is 1. The lowest BCUT2D eigenvalue weighted by atomic mass is 10.2. The van der Waals surface area contributed by atoms with Crippen molar-refractivity contribution in [2.24, 2.45) is 5.92 Å². The number of amides is 1. The van der Waals surface area contributed by atoms with Gasteiger partial charge in [0.1, 0.15) is 0 Å². The van der Waals surface area contributed by atoms with Crippen LogP contribution in [0.4, 0.5) is 11.6 Å². The van der Waals surface area contributed by atoms with Gasteiger partial charge < -0.3 is 10.7 Å². The minimum atomic E-state index is -0.00135. The molecule has 0 bridgehead atoms. The zero-order valence-corrected chi connectivity index (χ0v) is 13.4. The van der Waals surface area contributed by atoms with Gasteiger partial charge >= 0.3 is 0 Å². The van der Waals surface area contributed by atoms with Crippen LogP contribution in [0.1, 0.15) is 12.8 Å². The summed E-state index contributed by atoms with van der Waals surface area (Å²) in [6.07, 6.45) is 1.89. The van der Waals surface area contributed by atoms with Crippen LogP contribution in [0.2, 0.25) is 0 Å². The lowest BCUT2D eigenvalue weighted by Crippen LogP contribution is -2.14. The van der Waals surface area contributed by atoms with E-state index in [4.69, 9.17) is 5.73 Å². The molecule has 1 aromatic carbocycles. The van der Waals surface area contributed by atoms with Gasteiger partial charge in [-0.1, -0.05) is 6.07 Å². The first-order valence-corrected chi connectivity index (χ1v) is 8.23. The Kier molecular flexibility index (Phi) is 2.85. The third kappa shape index (κ3) is 2.40. The van der Waals surface area contributed by atoms with Crippen LogP contribution in [0, 0.1) is 5.92 Å². The van der Waals surface area contributed by atoms with Crippen molar-refractivity contribution in [1.82, 2.24) is 19.6 Å². The van der Waals surface area contributed by atoms with E-state index >= 15 is 0 Å². The Labute approximate surface area is 142 Å². The number of pyridine rings is 1. The number of hydrogen-bond donors (Lipinski definition) is 3. The minimum Gasteiger partial charge on any atom is -0.399 e. The van der Waals surface area contributed by atoms with E-state index in [2.05, 4.69) is 20.4 Å². The molecule has 4 aromatic rings. The molecular weight excluding hydrogens is 316 g/mol. The second kappa shape index (κ2) is 5.07. The molecule has 1 fully saturated rings. The number of H-pyrrole nitrogens is 1. The molecule has 1 aliphatic rings. The Morgan fingerprint density at radius 2 is 2.12 bits per heavy atom. The van der Waals surface area contributed by atoms with Gasteiger partial charge in [-0.05, 0) is 49.2 Å². The average molecular weight is 332 g/mol. The summed E-state index contributed by atoms with van der Waals surface area (Å²) in [5, 5.41) is 8.29. The number of carbonyl (C=O) groups excluding carboxylic acids is 1. The number of nitrogens with two attached hydrogens (primary N) is 1. The summed E-state index contributed by atoms with van der Waals surface area (Å²) in [6.45, 7) is 0. The van der Waals surface area contributed by atoms with Gasteiger partial charge in [0.25, 0.3) is 0 Å². The molecule has 0 saturated heterocycles. The van der Waals surface area contributed by atoms with E-state index < -0.39 is 0 Å². The fraction of sp³-hybridized carbons (Fsp3) is 0.167. The maximum Gasteiger partial charge on any atom is 0.249 e. The van der Waals surface area contributed by atoms with Gasteiger partial charge in [0.05, 0.1) is 11.4 Å². The Balaban J connectivity index is 1.59. The molecule has 25 heavy (non-hydrogen) atoms. The normalized spacial score (nSPS) is 14.2. The van der Waals surface area contributed by atoms with E-state index in [-0.39, 0.29) is 11.8 Å². The zero-order chi connectivity index (χ0) is 17.0. The highest BCUT2D eigenvalue weighted by Crippen LogP contribution is 2.30. The van der Waals surface area contributed by atoms with E-state index in [1.807, 2.05) is 42.5 Å². The number of fused-ring (bicyclic) bond motifs is 2. The van der Waals surface area contributed by atoms with Gasteiger partial charge in [0.15, 0.2) is 5.65 Å². The SMILES string of the molecule is Nc1ccc2[nH]c(-c3cccc4nc(NC(=O)C5CC5)nn34)cc2c1. The van der Waals surface area contributed by atoms with Crippen LogP contribution in [0.3, 0.4) is 0 Å².